The molecule has 3 N–H and O–H groups in total. The summed E-state index contributed by atoms with van der Waals surface area (Å²) in [5.41, 5.74) is 0.00209. The first-order valence-electron chi connectivity index (χ1n) is 10.2. The van der Waals surface area contributed by atoms with Gasteiger partial charge >= 0.3 is 5.63 Å². The van der Waals surface area contributed by atoms with Crippen LogP contribution >= 0.6 is 0 Å². The SMILES string of the molecule is O.O=C(c1cc2ccccc2oc1=O)N1CC[NH+](CC2COc3ccccc3O2)CC1.[Cl-]. The van der Waals surface area contributed by atoms with Crippen molar-refractivity contribution in [1.29, 1.82) is 0 Å². The third kappa shape index (κ3) is 4.72. The highest BCUT2D eigenvalue weighted by Gasteiger charge is 2.30. The minimum atomic E-state index is -0.583. The molecule has 1 atom stereocenters. The smallest absolute Gasteiger partial charge is 0.349 e. The van der Waals surface area contributed by atoms with Crippen LogP contribution in [0, 0.1) is 0 Å². The van der Waals surface area contributed by atoms with Gasteiger partial charge in [0.1, 0.15) is 24.3 Å². The Morgan fingerprint density at radius 2 is 1.72 bits per heavy atom. The number of ether oxygens (including phenoxy) is 2. The van der Waals surface area contributed by atoms with E-state index < -0.39 is 5.63 Å². The van der Waals surface area contributed by atoms with Gasteiger partial charge in [0.15, 0.2) is 17.6 Å². The number of carbonyl (C=O) groups excluding carboxylic acids is 1. The van der Waals surface area contributed by atoms with Gasteiger partial charge in [0.05, 0.1) is 26.2 Å². The van der Waals surface area contributed by atoms with Crippen LogP contribution in [0.25, 0.3) is 11.0 Å². The van der Waals surface area contributed by atoms with Gasteiger partial charge in [-0.25, -0.2) is 4.79 Å². The average Bonchev–Trinajstić information content (AvgIpc) is 2.78. The minimum absolute atomic E-state index is 0. The van der Waals surface area contributed by atoms with Crippen LogP contribution in [0.15, 0.2) is 63.8 Å². The lowest BCUT2D eigenvalue weighted by Crippen LogP contribution is -3.16. The predicted octanol–water partition coefficient (Wildman–Crippen LogP) is -2.85. The van der Waals surface area contributed by atoms with E-state index in [-0.39, 0.29) is 35.5 Å². The molecule has 1 amide bonds. The molecule has 8 nitrogen and oxygen atoms in total. The Kier molecular flexibility index (Phi) is 7.40. The molecule has 32 heavy (non-hydrogen) atoms. The average molecular weight is 461 g/mol. The Morgan fingerprint density at radius 1 is 1.03 bits per heavy atom. The number of amides is 1. The van der Waals surface area contributed by atoms with E-state index in [1.807, 2.05) is 36.4 Å². The first-order chi connectivity index (χ1) is 14.7. The van der Waals surface area contributed by atoms with Gasteiger partial charge in [-0.3, -0.25) is 4.79 Å². The molecule has 5 rings (SSSR count). The fraction of sp³-hybridized carbons (Fsp3) is 0.304. The fourth-order valence-electron chi connectivity index (χ4n) is 4.10. The predicted molar refractivity (Wildman–Crippen MR) is 114 cm³/mol. The van der Waals surface area contributed by atoms with Crippen molar-refractivity contribution in [2.24, 2.45) is 0 Å². The molecular formula is C23H25ClN2O6. The Morgan fingerprint density at radius 3 is 2.50 bits per heavy atom. The lowest BCUT2D eigenvalue weighted by Gasteiger charge is -2.35. The quantitative estimate of drug-likeness (QED) is 0.424. The molecule has 3 aromatic rings. The van der Waals surface area contributed by atoms with E-state index >= 15 is 0 Å². The molecule has 1 fully saturated rings. The molecule has 0 radical (unpaired) electrons. The van der Waals surface area contributed by atoms with E-state index in [0.29, 0.717) is 25.3 Å². The van der Waals surface area contributed by atoms with Crippen molar-refractivity contribution in [3.8, 4) is 11.5 Å². The fourth-order valence-corrected chi connectivity index (χ4v) is 4.10. The summed E-state index contributed by atoms with van der Waals surface area (Å²) in [4.78, 5) is 28.3. The standard InChI is InChI=1S/C23H22N2O5.ClH.H2O/c26-22(18-13-16-5-1-2-6-19(16)30-23(18)27)25-11-9-24(10-12-25)14-17-15-28-20-7-3-4-8-21(20)29-17;;/h1-8,13,17H,9-12,14-15H2;1H;1H2. The molecule has 3 heterocycles. The summed E-state index contributed by atoms with van der Waals surface area (Å²) < 4.78 is 17.2. The molecule has 1 unspecified atom stereocenters. The number of benzene rings is 2. The number of halogens is 1. The van der Waals surface area contributed by atoms with Gasteiger partial charge in [-0.05, 0) is 24.3 Å². The molecular weight excluding hydrogens is 436 g/mol. The van der Waals surface area contributed by atoms with Crippen LogP contribution in [0.2, 0.25) is 0 Å². The van der Waals surface area contributed by atoms with Gasteiger partial charge in [0.2, 0.25) is 0 Å². The van der Waals surface area contributed by atoms with E-state index in [9.17, 15) is 9.59 Å². The van der Waals surface area contributed by atoms with E-state index in [0.717, 1.165) is 36.5 Å². The molecule has 0 spiro atoms. The summed E-state index contributed by atoms with van der Waals surface area (Å²) >= 11 is 0. The van der Waals surface area contributed by atoms with E-state index in [1.54, 1.807) is 23.1 Å². The van der Waals surface area contributed by atoms with Crippen LogP contribution in [-0.2, 0) is 0 Å². The number of nitrogens with zero attached hydrogens (tertiary/aromatic N) is 1. The second-order valence-corrected chi connectivity index (χ2v) is 7.73. The first kappa shape index (κ1) is 23.6. The summed E-state index contributed by atoms with van der Waals surface area (Å²) in [5.74, 6) is 1.30. The minimum Gasteiger partial charge on any atom is -1.00 e. The second kappa shape index (κ2) is 10.0. The molecule has 0 bridgehead atoms. The molecule has 0 saturated carbocycles. The summed E-state index contributed by atoms with van der Waals surface area (Å²) in [7, 11) is 0. The van der Waals surface area contributed by atoms with E-state index in [2.05, 4.69) is 0 Å². The number of nitrogens with one attached hydrogen (secondary N) is 1. The Bertz CT molecular complexity index is 1140. The maximum atomic E-state index is 12.9. The van der Waals surface area contributed by atoms with Gasteiger partial charge in [-0.1, -0.05) is 30.3 Å². The number of hydrogen-bond acceptors (Lipinski definition) is 5. The van der Waals surface area contributed by atoms with E-state index in [4.69, 9.17) is 13.9 Å². The number of quaternary nitrogens is 1. The van der Waals surface area contributed by atoms with Crippen molar-refractivity contribution in [2.45, 2.75) is 6.10 Å². The van der Waals surface area contributed by atoms with Gasteiger partial charge in [-0.15, -0.1) is 0 Å². The van der Waals surface area contributed by atoms with Crippen LogP contribution < -0.4 is 32.4 Å². The lowest BCUT2D eigenvalue weighted by molar-refractivity contribution is -0.906. The zero-order chi connectivity index (χ0) is 20.5. The van der Waals surface area contributed by atoms with Gasteiger partial charge in [0.25, 0.3) is 5.91 Å². The molecule has 0 aliphatic carbocycles. The largest absolute Gasteiger partial charge is 1.00 e. The number of fused-ring (bicyclic) bond motifs is 2. The molecule has 1 aromatic heterocycles. The van der Waals surface area contributed by atoms with Crippen LogP contribution in [-0.4, -0.2) is 61.7 Å². The highest BCUT2D eigenvalue weighted by Crippen LogP contribution is 2.30. The highest BCUT2D eigenvalue weighted by molar-refractivity contribution is 5.96. The normalized spacial score (nSPS) is 17.9. The van der Waals surface area contributed by atoms with Crippen LogP contribution in [0.1, 0.15) is 10.4 Å². The van der Waals surface area contributed by atoms with Gasteiger partial charge in [0, 0.05) is 5.39 Å². The second-order valence-electron chi connectivity index (χ2n) is 7.73. The molecule has 2 aromatic carbocycles. The summed E-state index contributed by atoms with van der Waals surface area (Å²) in [6.07, 6.45) is -0.00955. The first-order valence-corrected chi connectivity index (χ1v) is 10.2. The van der Waals surface area contributed by atoms with Crippen LogP contribution in [0.5, 0.6) is 11.5 Å². The molecule has 170 valence electrons. The summed E-state index contributed by atoms with van der Waals surface area (Å²) in [5, 5.41) is 0.749. The monoisotopic (exact) mass is 460 g/mol. The highest BCUT2D eigenvalue weighted by atomic mass is 35.5. The van der Waals surface area contributed by atoms with Gasteiger partial charge in [-0.2, -0.15) is 0 Å². The van der Waals surface area contributed by atoms with Crippen molar-refractivity contribution in [2.75, 3.05) is 39.3 Å². The summed E-state index contributed by atoms with van der Waals surface area (Å²) in [6.45, 7) is 4.11. The van der Waals surface area contributed by atoms with Crippen LogP contribution in [0.3, 0.4) is 0 Å². The Labute approximate surface area is 191 Å². The third-order valence-electron chi connectivity index (χ3n) is 5.71. The lowest BCUT2D eigenvalue weighted by atomic mass is 10.1. The van der Waals surface area contributed by atoms with Gasteiger partial charge < -0.3 is 41.6 Å². The Hall–Kier alpha value is -3.07. The van der Waals surface area contributed by atoms with Crippen molar-refractivity contribution >= 4 is 16.9 Å². The maximum Gasteiger partial charge on any atom is 0.349 e. The molecule has 2 aliphatic heterocycles. The Balaban J connectivity index is 0.00000144. The van der Waals surface area contributed by atoms with Crippen molar-refractivity contribution in [3.63, 3.8) is 0 Å². The maximum absolute atomic E-state index is 12.9. The third-order valence-corrected chi connectivity index (χ3v) is 5.71. The number of para-hydroxylation sites is 3. The van der Waals surface area contributed by atoms with Crippen LogP contribution in [0.4, 0.5) is 0 Å². The number of rotatable bonds is 3. The zero-order valence-electron chi connectivity index (χ0n) is 17.4. The zero-order valence-corrected chi connectivity index (χ0v) is 18.1. The molecule has 2 aliphatic rings. The van der Waals surface area contributed by atoms with Crippen molar-refractivity contribution in [1.82, 2.24) is 4.90 Å². The topological polar surface area (TPSA) is 105 Å². The number of carbonyl (C=O) groups is 1. The molecule has 1 saturated heterocycles. The molecule has 9 heteroatoms. The van der Waals surface area contributed by atoms with Crippen molar-refractivity contribution < 1.29 is 41.5 Å². The van der Waals surface area contributed by atoms with E-state index in [1.165, 1.54) is 4.90 Å². The number of piperazine rings is 1. The number of hydrogen-bond donors (Lipinski definition) is 1. The van der Waals surface area contributed by atoms with Crippen molar-refractivity contribution in [3.05, 3.63) is 70.6 Å². The summed E-state index contributed by atoms with van der Waals surface area (Å²) in [6, 6.07) is 16.5.